The van der Waals surface area contributed by atoms with Crippen molar-refractivity contribution in [2.75, 3.05) is 6.54 Å². The predicted octanol–water partition coefficient (Wildman–Crippen LogP) is 1.58. The Kier molecular flexibility index (Phi) is 3.31. The quantitative estimate of drug-likeness (QED) is 0.707. The summed E-state index contributed by atoms with van der Waals surface area (Å²) in [6, 6.07) is 0.816. The zero-order valence-corrected chi connectivity index (χ0v) is 8.66. The lowest BCUT2D eigenvalue weighted by atomic mass is 10.0. The Morgan fingerprint density at radius 2 is 2.08 bits per heavy atom. The van der Waals surface area contributed by atoms with Crippen LogP contribution in [0.1, 0.15) is 33.6 Å². The standard InChI is InChI=1S/C10H19NO2/c1-4-11(9-5-6-9)8(3)7(2)10(12)13/h7-9H,4-6H2,1-3H3,(H,12,13). The minimum Gasteiger partial charge on any atom is -0.481 e. The fraction of sp³-hybridized carbons (Fsp3) is 0.900. The van der Waals surface area contributed by atoms with Crippen molar-refractivity contribution in [1.82, 2.24) is 4.90 Å². The molecule has 0 spiro atoms. The monoisotopic (exact) mass is 185 g/mol. The predicted molar refractivity (Wildman–Crippen MR) is 51.7 cm³/mol. The summed E-state index contributed by atoms with van der Waals surface area (Å²) >= 11 is 0. The molecule has 1 aliphatic carbocycles. The van der Waals surface area contributed by atoms with Gasteiger partial charge in [0.25, 0.3) is 0 Å². The Bertz CT molecular complexity index is 189. The average molecular weight is 185 g/mol. The first-order valence-corrected chi connectivity index (χ1v) is 5.06. The number of rotatable bonds is 5. The van der Waals surface area contributed by atoms with Crippen LogP contribution in [0.4, 0.5) is 0 Å². The van der Waals surface area contributed by atoms with Gasteiger partial charge >= 0.3 is 5.97 Å². The zero-order chi connectivity index (χ0) is 10.0. The third-order valence-electron chi connectivity index (χ3n) is 3.02. The topological polar surface area (TPSA) is 40.5 Å². The van der Waals surface area contributed by atoms with Crippen molar-refractivity contribution in [2.24, 2.45) is 5.92 Å². The first-order valence-electron chi connectivity index (χ1n) is 5.06. The van der Waals surface area contributed by atoms with Crippen molar-refractivity contribution < 1.29 is 9.90 Å². The SMILES string of the molecule is CCN(C1CC1)C(C)C(C)C(=O)O. The maximum atomic E-state index is 10.8. The van der Waals surface area contributed by atoms with Gasteiger partial charge < -0.3 is 5.11 Å². The summed E-state index contributed by atoms with van der Waals surface area (Å²) < 4.78 is 0. The molecule has 0 radical (unpaired) electrons. The average Bonchev–Trinajstić information content (AvgIpc) is 2.88. The van der Waals surface area contributed by atoms with E-state index < -0.39 is 5.97 Å². The van der Waals surface area contributed by atoms with E-state index in [4.69, 9.17) is 5.11 Å². The molecule has 1 aliphatic rings. The summed E-state index contributed by atoms with van der Waals surface area (Å²) in [6.45, 7) is 6.87. The Balaban J connectivity index is 2.51. The van der Waals surface area contributed by atoms with Gasteiger partial charge in [-0.1, -0.05) is 13.8 Å². The molecule has 76 valence electrons. The molecule has 0 saturated heterocycles. The molecular formula is C10H19NO2. The minimum atomic E-state index is -0.688. The van der Waals surface area contributed by atoms with E-state index in [0.29, 0.717) is 6.04 Å². The van der Waals surface area contributed by atoms with Gasteiger partial charge in [0.15, 0.2) is 0 Å². The summed E-state index contributed by atoms with van der Waals surface area (Å²) in [5.41, 5.74) is 0. The van der Waals surface area contributed by atoms with Crippen molar-refractivity contribution in [3.05, 3.63) is 0 Å². The highest BCUT2D eigenvalue weighted by Crippen LogP contribution is 2.30. The number of carbonyl (C=O) groups is 1. The smallest absolute Gasteiger partial charge is 0.307 e. The highest BCUT2D eigenvalue weighted by atomic mass is 16.4. The molecule has 3 nitrogen and oxygen atoms in total. The Morgan fingerprint density at radius 3 is 2.38 bits per heavy atom. The molecule has 2 unspecified atom stereocenters. The van der Waals surface area contributed by atoms with Gasteiger partial charge in [0.05, 0.1) is 5.92 Å². The molecule has 3 heteroatoms. The van der Waals surface area contributed by atoms with Gasteiger partial charge in [-0.3, -0.25) is 9.69 Å². The number of hydrogen-bond acceptors (Lipinski definition) is 2. The summed E-state index contributed by atoms with van der Waals surface area (Å²) in [7, 11) is 0. The van der Waals surface area contributed by atoms with E-state index in [1.54, 1.807) is 6.92 Å². The molecule has 1 saturated carbocycles. The van der Waals surface area contributed by atoms with E-state index in [1.807, 2.05) is 6.92 Å². The summed E-state index contributed by atoms with van der Waals surface area (Å²) in [6.07, 6.45) is 2.48. The first kappa shape index (κ1) is 10.5. The number of nitrogens with zero attached hydrogens (tertiary/aromatic N) is 1. The molecule has 1 fully saturated rings. The van der Waals surface area contributed by atoms with Gasteiger partial charge in [0.2, 0.25) is 0 Å². The molecule has 0 heterocycles. The molecule has 2 atom stereocenters. The van der Waals surface area contributed by atoms with Crippen LogP contribution in [-0.4, -0.2) is 34.6 Å². The van der Waals surface area contributed by atoms with E-state index in [2.05, 4.69) is 11.8 Å². The van der Waals surface area contributed by atoms with Gasteiger partial charge in [0, 0.05) is 12.1 Å². The Morgan fingerprint density at radius 1 is 1.54 bits per heavy atom. The fourth-order valence-corrected chi connectivity index (χ4v) is 1.78. The maximum Gasteiger partial charge on any atom is 0.307 e. The van der Waals surface area contributed by atoms with E-state index in [1.165, 1.54) is 12.8 Å². The Hall–Kier alpha value is -0.570. The maximum absolute atomic E-state index is 10.8. The van der Waals surface area contributed by atoms with E-state index in [-0.39, 0.29) is 12.0 Å². The van der Waals surface area contributed by atoms with Crippen LogP contribution in [0.15, 0.2) is 0 Å². The fourth-order valence-electron chi connectivity index (χ4n) is 1.78. The third kappa shape index (κ3) is 2.44. The third-order valence-corrected chi connectivity index (χ3v) is 3.02. The first-order chi connectivity index (χ1) is 6.07. The number of carboxylic acid groups (broad SMARTS) is 1. The number of hydrogen-bond donors (Lipinski definition) is 1. The van der Waals surface area contributed by atoms with Crippen molar-refractivity contribution in [2.45, 2.75) is 45.7 Å². The lowest BCUT2D eigenvalue weighted by Gasteiger charge is -2.30. The highest BCUT2D eigenvalue weighted by Gasteiger charge is 2.34. The second-order valence-electron chi connectivity index (χ2n) is 3.93. The minimum absolute atomic E-state index is 0.162. The highest BCUT2D eigenvalue weighted by molar-refractivity contribution is 5.70. The van der Waals surface area contributed by atoms with Crippen LogP contribution in [-0.2, 0) is 4.79 Å². The molecule has 0 aliphatic heterocycles. The summed E-state index contributed by atoms with van der Waals surface area (Å²) in [5, 5.41) is 8.87. The van der Waals surface area contributed by atoms with Gasteiger partial charge in [-0.25, -0.2) is 0 Å². The van der Waals surface area contributed by atoms with Crippen molar-refractivity contribution in [3.8, 4) is 0 Å². The molecule has 0 amide bonds. The zero-order valence-electron chi connectivity index (χ0n) is 8.66. The second-order valence-corrected chi connectivity index (χ2v) is 3.93. The lowest BCUT2D eigenvalue weighted by molar-refractivity contribution is -0.143. The Labute approximate surface area is 79.7 Å². The molecule has 1 N–H and O–H groups in total. The molecule has 1 rings (SSSR count). The lowest BCUT2D eigenvalue weighted by Crippen LogP contribution is -2.41. The second kappa shape index (κ2) is 4.09. The summed E-state index contributed by atoms with van der Waals surface area (Å²) in [5.74, 6) is -0.952. The van der Waals surface area contributed by atoms with Crippen LogP contribution in [0.25, 0.3) is 0 Å². The molecule has 13 heavy (non-hydrogen) atoms. The van der Waals surface area contributed by atoms with Gasteiger partial charge in [-0.05, 0) is 26.3 Å². The van der Waals surface area contributed by atoms with Crippen molar-refractivity contribution in [1.29, 1.82) is 0 Å². The summed E-state index contributed by atoms with van der Waals surface area (Å²) in [4.78, 5) is 13.1. The van der Waals surface area contributed by atoms with E-state index >= 15 is 0 Å². The van der Waals surface area contributed by atoms with Crippen LogP contribution in [0.2, 0.25) is 0 Å². The molecule has 0 aromatic heterocycles. The van der Waals surface area contributed by atoms with E-state index in [0.717, 1.165) is 6.54 Å². The molecule has 0 aromatic rings. The number of aliphatic carboxylic acids is 1. The van der Waals surface area contributed by atoms with Crippen molar-refractivity contribution in [3.63, 3.8) is 0 Å². The normalized spacial score (nSPS) is 21.5. The van der Waals surface area contributed by atoms with Crippen LogP contribution >= 0.6 is 0 Å². The largest absolute Gasteiger partial charge is 0.481 e. The molecule has 0 aromatic carbocycles. The van der Waals surface area contributed by atoms with Crippen LogP contribution in [0.3, 0.4) is 0 Å². The van der Waals surface area contributed by atoms with Gasteiger partial charge in [0.1, 0.15) is 0 Å². The van der Waals surface area contributed by atoms with Gasteiger partial charge in [-0.2, -0.15) is 0 Å². The van der Waals surface area contributed by atoms with E-state index in [9.17, 15) is 4.79 Å². The van der Waals surface area contributed by atoms with Crippen LogP contribution < -0.4 is 0 Å². The number of carboxylic acids is 1. The van der Waals surface area contributed by atoms with Crippen molar-refractivity contribution >= 4 is 5.97 Å². The molecule has 0 bridgehead atoms. The van der Waals surface area contributed by atoms with Gasteiger partial charge in [-0.15, -0.1) is 0 Å². The molecular weight excluding hydrogens is 166 g/mol. The van der Waals surface area contributed by atoms with Crippen LogP contribution in [0.5, 0.6) is 0 Å². The van der Waals surface area contributed by atoms with Crippen LogP contribution in [0, 0.1) is 5.92 Å².